The summed E-state index contributed by atoms with van der Waals surface area (Å²) in [6.07, 6.45) is 5.21. The van der Waals surface area contributed by atoms with Crippen LogP contribution in [-0.2, 0) is 9.59 Å². The molecule has 1 heterocycles. The highest BCUT2D eigenvalue weighted by atomic mass is 32.2. The minimum absolute atomic E-state index is 0.0577. The molecule has 0 aromatic carbocycles. The number of primary amides is 1. The Balaban J connectivity index is 2.53. The van der Waals surface area contributed by atoms with Crippen molar-refractivity contribution in [3.8, 4) is 0 Å². The van der Waals surface area contributed by atoms with Crippen LogP contribution in [0.4, 0.5) is 0 Å². The van der Waals surface area contributed by atoms with E-state index in [0.29, 0.717) is 13.0 Å². The molecule has 0 bridgehead atoms. The molecular formula is C12H22N2O2S. The third kappa shape index (κ3) is 4.22. The molecule has 4 nitrogen and oxygen atoms in total. The van der Waals surface area contributed by atoms with Crippen LogP contribution < -0.4 is 5.73 Å². The first-order valence-electron chi connectivity index (χ1n) is 6.18. The molecule has 2 amide bonds. The molecule has 0 aromatic heterocycles. The summed E-state index contributed by atoms with van der Waals surface area (Å²) in [5.74, 6) is 0.208. The topological polar surface area (TPSA) is 63.4 Å². The molecule has 0 radical (unpaired) electrons. The average molecular weight is 258 g/mol. The zero-order valence-corrected chi connectivity index (χ0v) is 11.5. The first-order valence-corrected chi connectivity index (χ1v) is 7.47. The molecule has 0 aromatic rings. The lowest BCUT2D eigenvalue weighted by atomic mass is 9.94. The number of nitrogens with two attached hydrogens (primary N) is 1. The van der Waals surface area contributed by atoms with E-state index in [0.717, 1.165) is 25.8 Å². The van der Waals surface area contributed by atoms with Gasteiger partial charge in [-0.05, 0) is 31.4 Å². The van der Waals surface area contributed by atoms with Crippen LogP contribution in [0.3, 0.4) is 0 Å². The lowest BCUT2D eigenvalue weighted by molar-refractivity contribution is -0.133. The summed E-state index contributed by atoms with van der Waals surface area (Å²) < 4.78 is 0. The van der Waals surface area contributed by atoms with Crippen LogP contribution in [0, 0.1) is 5.92 Å². The van der Waals surface area contributed by atoms with Gasteiger partial charge in [-0.1, -0.05) is 6.92 Å². The van der Waals surface area contributed by atoms with Crippen molar-refractivity contribution in [3.05, 3.63) is 0 Å². The zero-order valence-electron chi connectivity index (χ0n) is 10.6. The molecule has 1 fully saturated rings. The Hall–Kier alpha value is -0.710. The number of amides is 2. The SMILES string of the molecule is CC[C@H](SC)C(=O)N1CCC[C@@H](CC(N)=O)C1. The third-order valence-electron chi connectivity index (χ3n) is 3.25. The van der Waals surface area contributed by atoms with Crippen LogP contribution in [0.25, 0.3) is 0 Å². The standard InChI is InChI=1S/C12H22N2O2S/c1-3-10(17-2)12(16)14-6-4-5-9(8-14)7-11(13)15/h9-10H,3-8H2,1-2H3,(H2,13,15)/t9-,10-/m0/s1. The summed E-state index contributed by atoms with van der Waals surface area (Å²) >= 11 is 1.60. The van der Waals surface area contributed by atoms with Gasteiger partial charge in [0.1, 0.15) is 0 Å². The fourth-order valence-electron chi connectivity index (χ4n) is 2.36. The van der Waals surface area contributed by atoms with Crippen LogP contribution in [-0.4, -0.2) is 41.3 Å². The van der Waals surface area contributed by atoms with Crippen molar-refractivity contribution in [2.75, 3.05) is 19.3 Å². The number of rotatable bonds is 5. The van der Waals surface area contributed by atoms with E-state index < -0.39 is 0 Å². The van der Waals surface area contributed by atoms with Gasteiger partial charge in [0.05, 0.1) is 5.25 Å². The van der Waals surface area contributed by atoms with E-state index in [4.69, 9.17) is 5.73 Å². The Morgan fingerprint density at radius 2 is 2.24 bits per heavy atom. The molecule has 1 rings (SSSR count). The fraction of sp³-hybridized carbons (Fsp3) is 0.833. The molecule has 98 valence electrons. The van der Waals surface area contributed by atoms with Gasteiger partial charge < -0.3 is 10.6 Å². The van der Waals surface area contributed by atoms with Gasteiger partial charge >= 0.3 is 0 Å². The highest BCUT2D eigenvalue weighted by Gasteiger charge is 2.28. The molecule has 1 saturated heterocycles. The molecule has 2 atom stereocenters. The Morgan fingerprint density at radius 3 is 2.76 bits per heavy atom. The van der Waals surface area contributed by atoms with Gasteiger partial charge in [-0.3, -0.25) is 9.59 Å². The van der Waals surface area contributed by atoms with Gasteiger partial charge in [-0.15, -0.1) is 0 Å². The molecule has 2 N–H and O–H groups in total. The van der Waals surface area contributed by atoms with E-state index in [1.54, 1.807) is 11.8 Å². The van der Waals surface area contributed by atoms with Crippen molar-refractivity contribution >= 4 is 23.6 Å². The summed E-state index contributed by atoms with van der Waals surface area (Å²) in [6.45, 7) is 3.55. The number of hydrogen-bond donors (Lipinski definition) is 1. The molecule has 0 unspecified atom stereocenters. The second-order valence-electron chi connectivity index (χ2n) is 4.60. The minimum Gasteiger partial charge on any atom is -0.370 e. The quantitative estimate of drug-likeness (QED) is 0.807. The molecule has 1 aliphatic rings. The Morgan fingerprint density at radius 1 is 1.53 bits per heavy atom. The summed E-state index contributed by atoms with van der Waals surface area (Å²) in [6, 6.07) is 0. The largest absolute Gasteiger partial charge is 0.370 e. The molecule has 17 heavy (non-hydrogen) atoms. The number of thioether (sulfide) groups is 1. The average Bonchev–Trinajstić information content (AvgIpc) is 2.30. The fourth-order valence-corrected chi connectivity index (χ4v) is 3.05. The first kappa shape index (κ1) is 14.4. The van der Waals surface area contributed by atoms with Gasteiger partial charge in [0.2, 0.25) is 11.8 Å². The summed E-state index contributed by atoms with van der Waals surface area (Å²) in [5, 5.41) is 0.0577. The van der Waals surface area contributed by atoms with Gasteiger partial charge in [0.15, 0.2) is 0 Å². The van der Waals surface area contributed by atoms with E-state index in [1.807, 2.05) is 18.1 Å². The number of piperidine rings is 1. The molecule has 0 aliphatic carbocycles. The predicted molar refractivity (Wildman–Crippen MR) is 70.7 cm³/mol. The van der Waals surface area contributed by atoms with Gasteiger partial charge in [0.25, 0.3) is 0 Å². The van der Waals surface area contributed by atoms with Crippen LogP contribution >= 0.6 is 11.8 Å². The Kier molecular flexibility index (Phi) is 5.82. The van der Waals surface area contributed by atoms with E-state index in [2.05, 4.69) is 0 Å². The molecule has 0 saturated carbocycles. The maximum Gasteiger partial charge on any atom is 0.235 e. The number of nitrogens with zero attached hydrogens (tertiary/aromatic N) is 1. The first-order chi connectivity index (χ1) is 8.08. The van der Waals surface area contributed by atoms with E-state index >= 15 is 0 Å². The van der Waals surface area contributed by atoms with Crippen molar-refractivity contribution in [2.24, 2.45) is 11.7 Å². The Bertz CT molecular complexity index is 280. The molecule has 1 aliphatic heterocycles. The van der Waals surface area contributed by atoms with E-state index in [9.17, 15) is 9.59 Å². The minimum atomic E-state index is -0.263. The monoisotopic (exact) mass is 258 g/mol. The van der Waals surface area contributed by atoms with Crippen LogP contribution in [0.5, 0.6) is 0 Å². The van der Waals surface area contributed by atoms with Crippen LogP contribution in [0.1, 0.15) is 32.6 Å². The van der Waals surface area contributed by atoms with E-state index in [1.165, 1.54) is 0 Å². The number of carbonyl (C=O) groups is 2. The maximum atomic E-state index is 12.2. The second kappa shape index (κ2) is 6.89. The molecule has 0 spiro atoms. The highest BCUT2D eigenvalue weighted by molar-refractivity contribution is 7.99. The molecular weight excluding hydrogens is 236 g/mol. The van der Waals surface area contributed by atoms with Crippen LogP contribution in [0.2, 0.25) is 0 Å². The zero-order chi connectivity index (χ0) is 12.8. The van der Waals surface area contributed by atoms with Gasteiger partial charge in [0, 0.05) is 19.5 Å². The molecule has 5 heteroatoms. The van der Waals surface area contributed by atoms with Crippen molar-refractivity contribution < 1.29 is 9.59 Å². The van der Waals surface area contributed by atoms with E-state index in [-0.39, 0.29) is 23.0 Å². The third-order valence-corrected chi connectivity index (χ3v) is 4.36. The summed E-state index contributed by atoms with van der Waals surface area (Å²) in [4.78, 5) is 25.0. The second-order valence-corrected chi connectivity index (χ2v) is 5.64. The van der Waals surface area contributed by atoms with Crippen LogP contribution in [0.15, 0.2) is 0 Å². The van der Waals surface area contributed by atoms with Crippen molar-refractivity contribution in [1.29, 1.82) is 0 Å². The summed E-state index contributed by atoms with van der Waals surface area (Å²) in [7, 11) is 0. The normalized spacial score (nSPS) is 22.2. The highest BCUT2D eigenvalue weighted by Crippen LogP contribution is 2.22. The number of carbonyl (C=O) groups excluding carboxylic acids is 2. The maximum absolute atomic E-state index is 12.2. The van der Waals surface area contributed by atoms with Gasteiger partial charge in [-0.25, -0.2) is 0 Å². The number of likely N-dealkylation sites (tertiary alicyclic amines) is 1. The van der Waals surface area contributed by atoms with Crippen molar-refractivity contribution in [1.82, 2.24) is 4.90 Å². The summed E-state index contributed by atoms with van der Waals surface area (Å²) in [5.41, 5.74) is 5.21. The Labute approximate surface area is 107 Å². The van der Waals surface area contributed by atoms with Crippen molar-refractivity contribution in [2.45, 2.75) is 37.9 Å². The lowest BCUT2D eigenvalue weighted by Gasteiger charge is -2.34. The van der Waals surface area contributed by atoms with Gasteiger partial charge in [-0.2, -0.15) is 11.8 Å². The predicted octanol–water partition coefficient (Wildman–Crippen LogP) is 1.24. The number of hydrogen-bond acceptors (Lipinski definition) is 3. The smallest absolute Gasteiger partial charge is 0.235 e. The lowest BCUT2D eigenvalue weighted by Crippen LogP contribution is -2.44. The van der Waals surface area contributed by atoms with Crippen molar-refractivity contribution in [3.63, 3.8) is 0 Å².